The van der Waals surface area contributed by atoms with Gasteiger partial charge in [0.25, 0.3) is 0 Å². The van der Waals surface area contributed by atoms with Crippen LogP contribution in [0.2, 0.25) is 0 Å². The Bertz CT molecular complexity index is 1230. The lowest BCUT2D eigenvalue weighted by atomic mass is 9.82. The number of rotatable bonds is 4. The van der Waals surface area contributed by atoms with Gasteiger partial charge in [-0.3, -0.25) is 0 Å². The lowest BCUT2D eigenvalue weighted by Gasteiger charge is -2.28. The second-order valence-corrected chi connectivity index (χ2v) is 9.09. The molecule has 1 aliphatic carbocycles. The molecule has 1 aliphatic rings. The third-order valence-electron chi connectivity index (χ3n) is 6.72. The van der Waals surface area contributed by atoms with Gasteiger partial charge in [-0.05, 0) is 77.6 Å². The van der Waals surface area contributed by atoms with Gasteiger partial charge in [0, 0.05) is 22.5 Å². The van der Waals surface area contributed by atoms with Crippen LogP contribution in [0.3, 0.4) is 0 Å². The maximum atomic E-state index is 2.39. The molecule has 0 N–H and O–H groups in total. The summed E-state index contributed by atoms with van der Waals surface area (Å²) in [4.78, 5) is 2.37. The van der Waals surface area contributed by atoms with Crippen LogP contribution in [0.1, 0.15) is 43.0 Å². The maximum absolute atomic E-state index is 2.39. The second kappa shape index (κ2) is 7.42. The lowest BCUT2D eigenvalue weighted by Crippen LogP contribution is -2.16. The van der Waals surface area contributed by atoms with Crippen LogP contribution in [0.25, 0.3) is 11.1 Å². The Hall–Kier alpha value is -3.32. The van der Waals surface area contributed by atoms with E-state index in [1.54, 1.807) is 0 Å². The van der Waals surface area contributed by atoms with Crippen LogP contribution in [0.15, 0.2) is 91.0 Å². The lowest BCUT2D eigenvalue weighted by molar-refractivity contribution is 0.660. The van der Waals surface area contributed by atoms with Gasteiger partial charge < -0.3 is 4.90 Å². The molecule has 0 atom stereocenters. The van der Waals surface area contributed by atoms with Gasteiger partial charge >= 0.3 is 0 Å². The second-order valence-electron chi connectivity index (χ2n) is 9.09. The summed E-state index contributed by atoms with van der Waals surface area (Å²) in [6.45, 7) is 9.02. The molecular weight excluding hydrogens is 374 g/mol. The topological polar surface area (TPSA) is 3.24 Å². The zero-order chi connectivity index (χ0) is 21.6. The molecule has 4 aromatic rings. The molecule has 154 valence electrons. The molecule has 0 aliphatic heterocycles. The minimum absolute atomic E-state index is 0.00699. The first kappa shape index (κ1) is 19.6. The maximum Gasteiger partial charge on any atom is 0.0465 e. The van der Waals surface area contributed by atoms with E-state index in [1.807, 2.05) is 0 Å². The van der Waals surface area contributed by atoms with Crippen LogP contribution >= 0.6 is 0 Å². The van der Waals surface area contributed by atoms with Gasteiger partial charge in [0.2, 0.25) is 0 Å². The zero-order valence-corrected chi connectivity index (χ0v) is 18.8. The molecule has 5 rings (SSSR count). The molecule has 0 saturated heterocycles. The fourth-order valence-electron chi connectivity index (χ4n) is 4.85. The molecule has 0 spiro atoms. The molecule has 0 aromatic heterocycles. The summed E-state index contributed by atoms with van der Waals surface area (Å²) in [6, 6.07) is 33.6. The molecule has 0 radical (unpaired) electrons. The van der Waals surface area contributed by atoms with Gasteiger partial charge in [-0.1, -0.05) is 80.9 Å². The van der Waals surface area contributed by atoms with E-state index in [0.717, 1.165) is 6.42 Å². The fraction of sp³-hybridized carbons (Fsp3) is 0.200. The first-order chi connectivity index (χ1) is 15.0. The van der Waals surface area contributed by atoms with E-state index in [1.165, 1.54) is 50.4 Å². The van der Waals surface area contributed by atoms with Crippen molar-refractivity contribution in [1.82, 2.24) is 0 Å². The summed E-state index contributed by atoms with van der Waals surface area (Å²) in [5.74, 6) is 0. The predicted molar refractivity (Wildman–Crippen MR) is 133 cm³/mol. The summed E-state index contributed by atoms with van der Waals surface area (Å²) >= 11 is 0. The highest BCUT2D eigenvalue weighted by Gasteiger charge is 2.35. The first-order valence-electron chi connectivity index (χ1n) is 11.2. The van der Waals surface area contributed by atoms with Gasteiger partial charge in [0.05, 0.1) is 0 Å². The summed E-state index contributed by atoms with van der Waals surface area (Å²) in [5, 5.41) is 0. The van der Waals surface area contributed by atoms with Crippen LogP contribution in [-0.4, -0.2) is 0 Å². The average molecular weight is 404 g/mol. The van der Waals surface area contributed by atoms with E-state index < -0.39 is 0 Å². The molecule has 0 heterocycles. The Morgan fingerprint density at radius 2 is 1.23 bits per heavy atom. The number of benzene rings is 4. The average Bonchev–Trinajstić information content (AvgIpc) is 3.03. The molecule has 31 heavy (non-hydrogen) atoms. The van der Waals surface area contributed by atoms with E-state index in [-0.39, 0.29) is 5.41 Å². The summed E-state index contributed by atoms with van der Waals surface area (Å²) in [5.41, 5.74) is 11.7. The Morgan fingerprint density at radius 1 is 0.645 bits per heavy atom. The van der Waals surface area contributed by atoms with Crippen LogP contribution in [0.4, 0.5) is 17.1 Å². The number of fused-ring (bicyclic) bond motifs is 3. The van der Waals surface area contributed by atoms with E-state index in [2.05, 4.69) is 124 Å². The van der Waals surface area contributed by atoms with E-state index in [4.69, 9.17) is 0 Å². The van der Waals surface area contributed by atoms with E-state index in [9.17, 15) is 0 Å². The van der Waals surface area contributed by atoms with Gasteiger partial charge in [0.1, 0.15) is 0 Å². The molecule has 1 heteroatoms. The Morgan fingerprint density at radius 3 is 1.90 bits per heavy atom. The van der Waals surface area contributed by atoms with Crippen molar-refractivity contribution in [1.29, 1.82) is 0 Å². The van der Waals surface area contributed by atoms with Crippen molar-refractivity contribution in [3.05, 3.63) is 113 Å². The fourth-order valence-corrected chi connectivity index (χ4v) is 4.85. The van der Waals surface area contributed by atoms with Gasteiger partial charge in [-0.25, -0.2) is 0 Å². The van der Waals surface area contributed by atoms with Crippen LogP contribution in [0, 0.1) is 6.92 Å². The van der Waals surface area contributed by atoms with Gasteiger partial charge in [0.15, 0.2) is 0 Å². The first-order valence-corrected chi connectivity index (χ1v) is 11.2. The zero-order valence-electron chi connectivity index (χ0n) is 18.8. The molecule has 0 fully saturated rings. The number of hydrogen-bond donors (Lipinski definition) is 0. The highest BCUT2D eigenvalue weighted by atomic mass is 15.1. The van der Waals surface area contributed by atoms with E-state index >= 15 is 0 Å². The summed E-state index contributed by atoms with van der Waals surface area (Å²) in [7, 11) is 0. The molecule has 4 aromatic carbocycles. The number of aryl methyl sites for hydroxylation is 2. The SMILES string of the molecule is CCc1ccc(N(c2ccc(C)cc2)c2ccc3c(c2)C(C)(C)c2ccccc2-3)cc1. The molecular formula is C30H29N. The summed E-state index contributed by atoms with van der Waals surface area (Å²) < 4.78 is 0. The molecule has 0 amide bonds. The van der Waals surface area contributed by atoms with Crippen LogP contribution in [-0.2, 0) is 11.8 Å². The minimum Gasteiger partial charge on any atom is -0.310 e. The molecule has 0 unspecified atom stereocenters. The van der Waals surface area contributed by atoms with Crippen molar-refractivity contribution in [2.45, 2.75) is 39.5 Å². The highest BCUT2D eigenvalue weighted by molar-refractivity contribution is 5.85. The van der Waals surface area contributed by atoms with Gasteiger partial charge in [-0.2, -0.15) is 0 Å². The number of hydrogen-bond acceptors (Lipinski definition) is 1. The van der Waals surface area contributed by atoms with E-state index in [0.29, 0.717) is 0 Å². The highest BCUT2D eigenvalue weighted by Crippen LogP contribution is 2.50. The van der Waals surface area contributed by atoms with Crippen LogP contribution < -0.4 is 4.90 Å². The third-order valence-corrected chi connectivity index (χ3v) is 6.72. The molecule has 0 saturated carbocycles. The number of anilines is 3. The van der Waals surface area contributed by atoms with Crippen molar-refractivity contribution in [3.63, 3.8) is 0 Å². The largest absolute Gasteiger partial charge is 0.310 e. The minimum atomic E-state index is -0.00699. The number of nitrogens with zero attached hydrogens (tertiary/aromatic N) is 1. The predicted octanol–water partition coefficient (Wildman–Crippen LogP) is 8.33. The monoisotopic (exact) mass is 403 g/mol. The van der Waals surface area contributed by atoms with Crippen molar-refractivity contribution in [2.75, 3.05) is 4.90 Å². The molecule has 0 bridgehead atoms. The Balaban J connectivity index is 1.67. The molecule has 1 nitrogen and oxygen atoms in total. The Kier molecular flexibility index (Phi) is 4.70. The van der Waals surface area contributed by atoms with Crippen molar-refractivity contribution >= 4 is 17.1 Å². The van der Waals surface area contributed by atoms with Crippen LogP contribution in [0.5, 0.6) is 0 Å². The smallest absolute Gasteiger partial charge is 0.0465 e. The van der Waals surface area contributed by atoms with Crippen molar-refractivity contribution < 1.29 is 0 Å². The third kappa shape index (κ3) is 3.25. The standard InChI is InChI=1S/C30H29N/c1-5-22-12-16-24(17-13-22)31(23-14-10-21(2)11-15-23)25-18-19-27-26-8-6-7-9-28(26)30(3,4)29(27)20-25/h6-20H,5H2,1-4H3. The Labute approximate surface area is 186 Å². The quantitative estimate of drug-likeness (QED) is 0.331. The van der Waals surface area contributed by atoms with Gasteiger partial charge in [-0.15, -0.1) is 0 Å². The normalized spacial score (nSPS) is 13.5. The summed E-state index contributed by atoms with van der Waals surface area (Å²) in [6.07, 6.45) is 1.05. The van der Waals surface area contributed by atoms with Crippen molar-refractivity contribution in [2.24, 2.45) is 0 Å². The van der Waals surface area contributed by atoms with Crippen molar-refractivity contribution in [3.8, 4) is 11.1 Å².